The molecule has 2 N–H and O–H groups in total. The van der Waals surface area contributed by atoms with Crippen LogP contribution in [0.4, 0.5) is 4.79 Å². The van der Waals surface area contributed by atoms with Crippen molar-refractivity contribution in [2.75, 3.05) is 19.7 Å². The summed E-state index contributed by atoms with van der Waals surface area (Å²) in [6, 6.07) is 17.2. The van der Waals surface area contributed by atoms with Crippen molar-refractivity contribution >= 4 is 6.09 Å². The summed E-state index contributed by atoms with van der Waals surface area (Å²) >= 11 is 0. The van der Waals surface area contributed by atoms with Crippen LogP contribution < -0.4 is 5.73 Å². The minimum absolute atomic E-state index is 0.158. The SMILES string of the molecule is CC(C)COC(=O)N1CCC(Cc2cccc(-c3cccc(CN)c3)c2)CC1. The first kappa shape index (κ1) is 20.4. The van der Waals surface area contributed by atoms with Gasteiger partial charge >= 0.3 is 6.09 Å². The lowest BCUT2D eigenvalue weighted by molar-refractivity contribution is 0.0790. The van der Waals surface area contributed by atoms with Gasteiger partial charge in [0.1, 0.15) is 0 Å². The van der Waals surface area contributed by atoms with Gasteiger partial charge in [0.25, 0.3) is 0 Å². The molecule has 0 saturated carbocycles. The highest BCUT2D eigenvalue weighted by atomic mass is 16.6. The summed E-state index contributed by atoms with van der Waals surface area (Å²) < 4.78 is 5.36. The van der Waals surface area contributed by atoms with Gasteiger partial charge in [0, 0.05) is 19.6 Å². The van der Waals surface area contributed by atoms with Crippen LogP contribution in [0.3, 0.4) is 0 Å². The van der Waals surface area contributed by atoms with Crippen LogP contribution in [0.5, 0.6) is 0 Å². The number of nitrogens with zero attached hydrogens (tertiary/aromatic N) is 1. The first-order valence-electron chi connectivity index (χ1n) is 10.3. The molecule has 1 amide bonds. The highest BCUT2D eigenvalue weighted by molar-refractivity contribution is 5.67. The van der Waals surface area contributed by atoms with Crippen LogP contribution in [0.2, 0.25) is 0 Å². The lowest BCUT2D eigenvalue weighted by Gasteiger charge is -2.31. The number of likely N-dealkylation sites (tertiary alicyclic amines) is 1. The normalized spacial score (nSPS) is 15.1. The molecular formula is C24H32N2O2. The summed E-state index contributed by atoms with van der Waals surface area (Å²) in [5.41, 5.74) is 10.7. The quantitative estimate of drug-likeness (QED) is 0.779. The molecule has 2 aromatic carbocycles. The third-order valence-electron chi connectivity index (χ3n) is 5.36. The molecule has 2 aromatic rings. The third-order valence-corrected chi connectivity index (χ3v) is 5.36. The van der Waals surface area contributed by atoms with Crippen molar-refractivity contribution < 1.29 is 9.53 Å². The van der Waals surface area contributed by atoms with E-state index >= 15 is 0 Å². The molecule has 0 spiro atoms. The van der Waals surface area contributed by atoms with Gasteiger partial charge < -0.3 is 15.4 Å². The molecule has 1 saturated heterocycles. The van der Waals surface area contributed by atoms with Gasteiger partial charge in [-0.25, -0.2) is 4.79 Å². The summed E-state index contributed by atoms with van der Waals surface area (Å²) in [4.78, 5) is 14.0. The van der Waals surface area contributed by atoms with E-state index in [0.29, 0.717) is 25.0 Å². The van der Waals surface area contributed by atoms with Crippen LogP contribution in [0.15, 0.2) is 48.5 Å². The maximum absolute atomic E-state index is 12.1. The number of rotatable bonds is 6. The molecule has 4 nitrogen and oxygen atoms in total. The van der Waals surface area contributed by atoms with Crippen molar-refractivity contribution in [2.45, 2.75) is 39.7 Å². The molecule has 1 fully saturated rings. The molecule has 1 aliphatic heterocycles. The maximum atomic E-state index is 12.1. The molecule has 4 heteroatoms. The maximum Gasteiger partial charge on any atom is 0.409 e. The summed E-state index contributed by atoms with van der Waals surface area (Å²) in [6.45, 7) is 6.75. The van der Waals surface area contributed by atoms with Gasteiger partial charge in [0.15, 0.2) is 0 Å². The van der Waals surface area contributed by atoms with E-state index in [1.165, 1.54) is 16.7 Å². The Bertz CT molecular complexity index is 780. The average molecular weight is 381 g/mol. The molecule has 150 valence electrons. The number of ether oxygens (including phenoxy) is 1. The van der Waals surface area contributed by atoms with Crippen molar-refractivity contribution in [2.24, 2.45) is 17.6 Å². The number of hydrogen-bond donors (Lipinski definition) is 1. The molecular weight excluding hydrogens is 348 g/mol. The average Bonchev–Trinajstić information content (AvgIpc) is 2.73. The summed E-state index contributed by atoms with van der Waals surface area (Å²) in [7, 11) is 0. The zero-order chi connectivity index (χ0) is 19.9. The second-order valence-electron chi connectivity index (χ2n) is 8.21. The Morgan fingerprint density at radius 1 is 1.07 bits per heavy atom. The number of hydrogen-bond acceptors (Lipinski definition) is 3. The molecule has 0 atom stereocenters. The predicted octanol–water partition coefficient (Wildman–Crippen LogP) is 4.86. The summed E-state index contributed by atoms with van der Waals surface area (Å²) in [5, 5.41) is 0. The number of piperidine rings is 1. The Kier molecular flexibility index (Phi) is 7.10. The second-order valence-corrected chi connectivity index (χ2v) is 8.21. The van der Waals surface area contributed by atoms with Crippen LogP contribution in [0, 0.1) is 11.8 Å². The van der Waals surface area contributed by atoms with Gasteiger partial charge in [-0.15, -0.1) is 0 Å². The molecule has 3 rings (SSSR count). The van der Waals surface area contributed by atoms with Gasteiger partial charge in [0.2, 0.25) is 0 Å². The van der Waals surface area contributed by atoms with Crippen LogP contribution >= 0.6 is 0 Å². The Morgan fingerprint density at radius 2 is 1.68 bits per heavy atom. The highest BCUT2D eigenvalue weighted by Crippen LogP contribution is 2.26. The second kappa shape index (κ2) is 9.74. The Morgan fingerprint density at radius 3 is 2.29 bits per heavy atom. The summed E-state index contributed by atoms with van der Waals surface area (Å²) in [5.74, 6) is 0.985. The summed E-state index contributed by atoms with van der Waals surface area (Å²) in [6.07, 6.45) is 2.96. The van der Waals surface area contributed by atoms with Crippen LogP contribution in [0.25, 0.3) is 11.1 Å². The minimum atomic E-state index is -0.158. The van der Waals surface area contributed by atoms with Crippen LogP contribution in [-0.2, 0) is 17.7 Å². The zero-order valence-electron chi connectivity index (χ0n) is 17.1. The number of carbonyl (C=O) groups is 1. The van der Waals surface area contributed by atoms with Crippen molar-refractivity contribution in [3.05, 3.63) is 59.7 Å². The Balaban J connectivity index is 1.56. The number of carbonyl (C=O) groups excluding carboxylic acids is 1. The van der Waals surface area contributed by atoms with E-state index in [0.717, 1.165) is 37.9 Å². The highest BCUT2D eigenvalue weighted by Gasteiger charge is 2.24. The lowest BCUT2D eigenvalue weighted by Crippen LogP contribution is -2.39. The molecule has 0 aromatic heterocycles. The van der Waals surface area contributed by atoms with E-state index in [2.05, 4.69) is 62.4 Å². The monoisotopic (exact) mass is 380 g/mol. The van der Waals surface area contributed by atoms with Gasteiger partial charge in [0.05, 0.1) is 6.61 Å². The van der Waals surface area contributed by atoms with Crippen molar-refractivity contribution in [3.63, 3.8) is 0 Å². The van der Waals surface area contributed by atoms with Crippen LogP contribution in [-0.4, -0.2) is 30.7 Å². The number of benzene rings is 2. The fourth-order valence-electron chi connectivity index (χ4n) is 3.74. The molecule has 0 bridgehead atoms. The number of amides is 1. The van der Waals surface area contributed by atoms with Crippen LogP contribution in [0.1, 0.15) is 37.8 Å². The van der Waals surface area contributed by atoms with Crippen molar-refractivity contribution in [1.29, 1.82) is 0 Å². The van der Waals surface area contributed by atoms with E-state index < -0.39 is 0 Å². The van der Waals surface area contributed by atoms with E-state index in [-0.39, 0.29) is 6.09 Å². The molecule has 1 aliphatic rings. The van der Waals surface area contributed by atoms with Crippen molar-refractivity contribution in [1.82, 2.24) is 4.90 Å². The largest absolute Gasteiger partial charge is 0.449 e. The van der Waals surface area contributed by atoms with E-state index in [9.17, 15) is 4.79 Å². The topological polar surface area (TPSA) is 55.6 Å². The van der Waals surface area contributed by atoms with Gasteiger partial charge in [-0.2, -0.15) is 0 Å². The first-order valence-corrected chi connectivity index (χ1v) is 10.3. The standard InChI is InChI=1S/C24H32N2O2/c1-18(2)17-28-24(27)26-11-9-19(10-12-26)13-20-5-3-7-22(14-20)23-8-4-6-21(15-23)16-25/h3-8,14-15,18-19H,9-13,16-17,25H2,1-2H3. The predicted molar refractivity (Wildman–Crippen MR) is 114 cm³/mol. The van der Waals surface area contributed by atoms with Gasteiger partial charge in [-0.3, -0.25) is 0 Å². The van der Waals surface area contributed by atoms with Gasteiger partial charge in [-0.05, 0) is 59.4 Å². The smallest absolute Gasteiger partial charge is 0.409 e. The minimum Gasteiger partial charge on any atom is -0.449 e. The number of nitrogens with two attached hydrogens (primary N) is 1. The molecule has 0 aliphatic carbocycles. The Labute approximate surface area is 168 Å². The molecule has 0 radical (unpaired) electrons. The Hall–Kier alpha value is -2.33. The molecule has 1 heterocycles. The fourth-order valence-corrected chi connectivity index (χ4v) is 3.74. The third kappa shape index (κ3) is 5.59. The molecule has 0 unspecified atom stereocenters. The van der Waals surface area contributed by atoms with Gasteiger partial charge in [-0.1, -0.05) is 56.3 Å². The zero-order valence-corrected chi connectivity index (χ0v) is 17.1. The molecule has 28 heavy (non-hydrogen) atoms. The van der Waals surface area contributed by atoms with E-state index in [4.69, 9.17) is 10.5 Å². The fraction of sp³-hybridized carbons (Fsp3) is 0.458. The first-order chi connectivity index (χ1) is 13.5. The lowest BCUT2D eigenvalue weighted by atomic mass is 9.89. The van der Waals surface area contributed by atoms with E-state index in [1.54, 1.807) is 0 Å². The van der Waals surface area contributed by atoms with Crippen molar-refractivity contribution in [3.8, 4) is 11.1 Å². The van der Waals surface area contributed by atoms with E-state index in [1.807, 2.05) is 4.90 Å².